The van der Waals surface area contributed by atoms with E-state index in [-0.39, 0.29) is 12.5 Å². The molecule has 1 heterocycles. The molecule has 8 heteroatoms. The van der Waals surface area contributed by atoms with Crippen LogP contribution in [0.3, 0.4) is 0 Å². The number of hydrogen-bond acceptors (Lipinski definition) is 7. The van der Waals surface area contributed by atoms with Crippen LogP contribution >= 0.6 is 11.6 Å². The van der Waals surface area contributed by atoms with E-state index in [2.05, 4.69) is 6.92 Å². The van der Waals surface area contributed by atoms with Crippen LogP contribution in [0.4, 0.5) is 0 Å². The molecule has 1 saturated heterocycles. The van der Waals surface area contributed by atoms with Crippen molar-refractivity contribution in [1.82, 2.24) is 0 Å². The Labute approximate surface area is 221 Å². The van der Waals surface area contributed by atoms with E-state index < -0.39 is 37.1 Å². The van der Waals surface area contributed by atoms with Crippen LogP contribution in [0.5, 0.6) is 5.75 Å². The summed E-state index contributed by atoms with van der Waals surface area (Å²) in [5.74, 6) is 0.852. The molecule has 0 radical (unpaired) electrons. The van der Waals surface area contributed by atoms with Crippen molar-refractivity contribution in [3.05, 3.63) is 99.6 Å². The highest BCUT2D eigenvalue weighted by Crippen LogP contribution is 2.34. The summed E-state index contributed by atoms with van der Waals surface area (Å²) in [6, 6.07) is 20.7. The molecular formula is C29H33ClO7. The summed E-state index contributed by atoms with van der Waals surface area (Å²) in [6.07, 6.45) is -5.58. The van der Waals surface area contributed by atoms with Gasteiger partial charge in [-0.2, -0.15) is 0 Å². The van der Waals surface area contributed by atoms with E-state index in [9.17, 15) is 25.5 Å². The summed E-state index contributed by atoms with van der Waals surface area (Å²) >= 11 is 6.45. The van der Waals surface area contributed by atoms with Gasteiger partial charge in [-0.3, -0.25) is 0 Å². The molecule has 5 N–H and O–H groups in total. The average Bonchev–Trinajstić information content (AvgIpc) is 2.92. The van der Waals surface area contributed by atoms with Gasteiger partial charge >= 0.3 is 0 Å². The predicted molar refractivity (Wildman–Crippen MR) is 140 cm³/mol. The Hall–Kier alpha value is -2.49. The Morgan fingerprint density at radius 2 is 1.62 bits per heavy atom. The third-order valence-electron chi connectivity index (χ3n) is 6.86. The Morgan fingerprint density at radius 3 is 2.32 bits per heavy atom. The summed E-state index contributed by atoms with van der Waals surface area (Å²) in [6.45, 7) is 2.05. The maximum atomic E-state index is 10.5. The topological polar surface area (TPSA) is 120 Å². The molecule has 0 aromatic heterocycles. The van der Waals surface area contributed by atoms with Crippen molar-refractivity contribution in [1.29, 1.82) is 0 Å². The standard InChI is InChI=1S/C29H33ClO7/c1-17(23-5-3-2-4-20(23)14-31)16-36-22-9-6-18(7-10-22)12-21-13-19(8-11-24(21)30)29-28(35)27(34)26(33)25(15-32)37-29/h2-11,13,17,25-29,31-35H,12,14-16H2,1H3/t17-,25-,26-,27+,28-,29+/m1/s1. The maximum absolute atomic E-state index is 10.5. The molecular weight excluding hydrogens is 496 g/mol. The first-order chi connectivity index (χ1) is 17.8. The first kappa shape index (κ1) is 27.5. The predicted octanol–water partition coefficient (Wildman–Crippen LogP) is 3.12. The fraction of sp³-hybridized carbons (Fsp3) is 0.379. The third-order valence-corrected chi connectivity index (χ3v) is 7.23. The minimum Gasteiger partial charge on any atom is -0.493 e. The van der Waals surface area contributed by atoms with Gasteiger partial charge in [-0.25, -0.2) is 0 Å². The second-order valence-electron chi connectivity index (χ2n) is 9.49. The minimum absolute atomic E-state index is 0.00461. The van der Waals surface area contributed by atoms with E-state index in [4.69, 9.17) is 21.1 Å². The van der Waals surface area contributed by atoms with Crippen molar-refractivity contribution in [2.24, 2.45) is 0 Å². The lowest BCUT2D eigenvalue weighted by Crippen LogP contribution is -2.55. The van der Waals surface area contributed by atoms with Crippen LogP contribution in [0.25, 0.3) is 0 Å². The molecule has 37 heavy (non-hydrogen) atoms. The molecule has 4 rings (SSSR count). The number of hydrogen-bond donors (Lipinski definition) is 5. The fourth-order valence-corrected chi connectivity index (χ4v) is 4.86. The van der Waals surface area contributed by atoms with Gasteiger partial charge in [-0.05, 0) is 52.4 Å². The Morgan fingerprint density at radius 1 is 0.892 bits per heavy atom. The van der Waals surface area contributed by atoms with Crippen molar-refractivity contribution in [2.75, 3.05) is 13.2 Å². The summed E-state index contributed by atoms with van der Waals surface area (Å²) in [4.78, 5) is 0. The third kappa shape index (κ3) is 6.33. The lowest BCUT2D eigenvalue weighted by atomic mass is 9.90. The summed E-state index contributed by atoms with van der Waals surface area (Å²) in [5.41, 5.74) is 4.36. The number of aliphatic hydroxyl groups excluding tert-OH is 5. The highest BCUT2D eigenvalue weighted by atomic mass is 35.5. The van der Waals surface area contributed by atoms with Crippen molar-refractivity contribution >= 4 is 11.6 Å². The molecule has 3 aromatic rings. The van der Waals surface area contributed by atoms with Crippen molar-refractivity contribution in [2.45, 2.75) is 56.4 Å². The molecule has 7 nitrogen and oxygen atoms in total. The van der Waals surface area contributed by atoms with E-state index in [0.717, 1.165) is 28.0 Å². The van der Waals surface area contributed by atoms with Crippen LogP contribution in [0.1, 0.15) is 46.8 Å². The van der Waals surface area contributed by atoms with Gasteiger partial charge in [0.2, 0.25) is 0 Å². The largest absolute Gasteiger partial charge is 0.493 e. The van der Waals surface area contributed by atoms with Crippen LogP contribution in [-0.4, -0.2) is 63.2 Å². The molecule has 3 aromatic carbocycles. The van der Waals surface area contributed by atoms with Gasteiger partial charge in [0, 0.05) is 10.9 Å². The average molecular weight is 529 g/mol. The Bertz CT molecular complexity index is 1170. The second-order valence-corrected chi connectivity index (χ2v) is 9.90. The van der Waals surface area contributed by atoms with E-state index in [1.807, 2.05) is 48.5 Å². The highest BCUT2D eigenvalue weighted by molar-refractivity contribution is 6.31. The minimum atomic E-state index is -1.44. The number of rotatable bonds is 9. The van der Waals surface area contributed by atoms with Gasteiger partial charge in [0.1, 0.15) is 36.3 Å². The van der Waals surface area contributed by atoms with E-state index in [1.54, 1.807) is 18.2 Å². The van der Waals surface area contributed by atoms with Gasteiger partial charge in [-0.1, -0.05) is 67.1 Å². The van der Waals surface area contributed by atoms with Gasteiger partial charge in [-0.15, -0.1) is 0 Å². The van der Waals surface area contributed by atoms with Crippen molar-refractivity contribution in [3.63, 3.8) is 0 Å². The summed E-state index contributed by atoms with van der Waals surface area (Å²) < 4.78 is 11.7. The van der Waals surface area contributed by atoms with Gasteiger partial charge in [0.25, 0.3) is 0 Å². The second kappa shape index (κ2) is 12.4. The van der Waals surface area contributed by atoms with Crippen LogP contribution in [-0.2, 0) is 17.8 Å². The highest BCUT2D eigenvalue weighted by Gasteiger charge is 2.44. The van der Waals surface area contributed by atoms with Crippen LogP contribution in [0, 0.1) is 0 Å². The Kier molecular flexibility index (Phi) is 9.21. The van der Waals surface area contributed by atoms with Crippen molar-refractivity contribution < 1.29 is 35.0 Å². The number of halogens is 1. The molecule has 0 bridgehead atoms. The van der Waals surface area contributed by atoms with Gasteiger partial charge < -0.3 is 35.0 Å². The first-order valence-corrected chi connectivity index (χ1v) is 12.7. The molecule has 0 unspecified atom stereocenters. The zero-order valence-corrected chi connectivity index (χ0v) is 21.3. The van der Waals surface area contributed by atoms with Crippen LogP contribution < -0.4 is 4.74 Å². The lowest BCUT2D eigenvalue weighted by Gasteiger charge is -2.40. The molecule has 1 fully saturated rings. The van der Waals surface area contributed by atoms with Crippen molar-refractivity contribution in [3.8, 4) is 5.75 Å². The lowest BCUT2D eigenvalue weighted by molar-refractivity contribution is -0.231. The monoisotopic (exact) mass is 528 g/mol. The molecule has 0 aliphatic carbocycles. The number of ether oxygens (including phenoxy) is 2. The Balaban J connectivity index is 1.42. The first-order valence-electron chi connectivity index (χ1n) is 12.3. The molecule has 0 spiro atoms. The smallest absolute Gasteiger partial charge is 0.119 e. The van der Waals surface area contributed by atoms with E-state index in [0.29, 0.717) is 23.6 Å². The number of aliphatic hydroxyl groups is 5. The molecule has 1 aliphatic rings. The molecule has 6 atom stereocenters. The molecule has 0 amide bonds. The number of benzene rings is 3. The van der Waals surface area contributed by atoms with Crippen LogP contribution in [0.2, 0.25) is 5.02 Å². The van der Waals surface area contributed by atoms with Gasteiger partial charge in [0.15, 0.2) is 0 Å². The zero-order chi connectivity index (χ0) is 26.5. The van der Waals surface area contributed by atoms with Gasteiger partial charge in [0.05, 0.1) is 19.8 Å². The fourth-order valence-electron chi connectivity index (χ4n) is 4.68. The normalized spacial score (nSPS) is 24.6. The van der Waals surface area contributed by atoms with E-state index in [1.165, 1.54) is 0 Å². The summed E-state index contributed by atoms with van der Waals surface area (Å²) in [5, 5.41) is 50.3. The SMILES string of the molecule is C[C@H](COc1ccc(Cc2cc([C@@H]3O[C@H](CO)[C@@H](O)[C@H](O)[C@H]3O)ccc2Cl)cc1)c1ccccc1CO. The molecule has 198 valence electrons. The molecule has 1 aliphatic heterocycles. The quantitative estimate of drug-likeness (QED) is 0.289. The zero-order valence-electron chi connectivity index (χ0n) is 20.6. The maximum Gasteiger partial charge on any atom is 0.119 e. The molecule has 0 saturated carbocycles. The van der Waals surface area contributed by atoms with E-state index >= 15 is 0 Å². The van der Waals surface area contributed by atoms with Crippen LogP contribution in [0.15, 0.2) is 66.7 Å². The summed E-state index contributed by atoms with van der Waals surface area (Å²) in [7, 11) is 0.